The van der Waals surface area contributed by atoms with E-state index in [4.69, 9.17) is 14.2 Å². The molecule has 0 spiro atoms. The monoisotopic (exact) mass is 979 g/mol. The second kappa shape index (κ2) is 58.7. The quantitative estimate of drug-likeness (QED) is 0.0261. The molecule has 0 saturated heterocycles. The third-order valence-corrected chi connectivity index (χ3v) is 13.3. The van der Waals surface area contributed by atoms with Crippen LogP contribution in [0.4, 0.5) is 0 Å². The van der Waals surface area contributed by atoms with Gasteiger partial charge in [0, 0.05) is 19.3 Å². The molecule has 1 unspecified atom stereocenters. The minimum Gasteiger partial charge on any atom is -0.462 e. The smallest absolute Gasteiger partial charge is 0.306 e. The zero-order valence-corrected chi connectivity index (χ0v) is 46.5. The molecule has 70 heavy (non-hydrogen) atoms. The zero-order valence-electron chi connectivity index (χ0n) is 46.5. The Bertz CT molecular complexity index is 1260. The molecule has 1 atom stereocenters. The largest absolute Gasteiger partial charge is 0.462 e. The highest BCUT2D eigenvalue weighted by Gasteiger charge is 2.19. The first-order valence-corrected chi connectivity index (χ1v) is 30.3. The molecule has 6 nitrogen and oxygen atoms in total. The van der Waals surface area contributed by atoms with Gasteiger partial charge in [-0.15, -0.1) is 0 Å². The summed E-state index contributed by atoms with van der Waals surface area (Å²) < 4.78 is 16.8. The van der Waals surface area contributed by atoms with E-state index in [-0.39, 0.29) is 31.1 Å². The summed E-state index contributed by atoms with van der Waals surface area (Å²) in [6.07, 6.45) is 73.8. The van der Waals surface area contributed by atoms with Crippen molar-refractivity contribution < 1.29 is 28.6 Å². The Kier molecular flexibility index (Phi) is 56.3. The summed E-state index contributed by atoms with van der Waals surface area (Å²) in [5, 5.41) is 0. The van der Waals surface area contributed by atoms with Gasteiger partial charge in [-0.1, -0.05) is 268 Å². The number of ether oxygens (including phenoxy) is 3. The van der Waals surface area contributed by atoms with Crippen LogP contribution in [0, 0.1) is 0 Å². The molecule has 0 amide bonds. The fraction of sp³-hybridized carbons (Fsp3) is 0.797. The van der Waals surface area contributed by atoms with Crippen LogP contribution in [0.3, 0.4) is 0 Å². The first-order chi connectivity index (χ1) is 34.5. The van der Waals surface area contributed by atoms with Crippen LogP contribution >= 0.6 is 0 Å². The molecule has 0 aromatic carbocycles. The van der Waals surface area contributed by atoms with Crippen LogP contribution in [0.5, 0.6) is 0 Å². The average Bonchev–Trinajstić information content (AvgIpc) is 3.36. The van der Waals surface area contributed by atoms with Gasteiger partial charge in [-0.05, 0) is 83.5 Å². The van der Waals surface area contributed by atoms with Crippen LogP contribution in [0.1, 0.15) is 310 Å². The molecule has 0 bridgehead atoms. The lowest BCUT2D eigenvalue weighted by Gasteiger charge is -2.18. The fourth-order valence-corrected chi connectivity index (χ4v) is 8.72. The van der Waals surface area contributed by atoms with E-state index >= 15 is 0 Å². The highest BCUT2D eigenvalue weighted by atomic mass is 16.6. The van der Waals surface area contributed by atoms with Crippen LogP contribution < -0.4 is 0 Å². The molecule has 0 aliphatic carbocycles. The summed E-state index contributed by atoms with van der Waals surface area (Å²) in [6.45, 7) is 6.52. The molecular formula is C64H114O6. The highest BCUT2D eigenvalue weighted by molar-refractivity contribution is 5.71. The predicted molar refractivity (Wildman–Crippen MR) is 302 cm³/mol. The third-order valence-electron chi connectivity index (χ3n) is 13.3. The van der Waals surface area contributed by atoms with Crippen molar-refractivity contribution >= 4 is 17.9 Å². The summed E-state index contributed by atoms with van der Waals surface area (Å²) in [5.74, 6) is -0.867. The van der Waals surface area contributed by atoms with Gasteiger partial charge in [0.15, 0.2) is 6.10 Å². The van der Waals surface area contributed by atoms with E-state index in [0.717, 1.165) is 83.5 Å². The minimum absolute atomic E-state index is 0.0724. The van der Waals surface area contributed by atoms with Gasteiger partial charge in [0.2, 0.25) is 0 Å². The first-order valence-electron chi connectivity index (χ1n) is 30.3. The highest BCUT2D eigenvalue weighted by Crippen LogP contribution is 2.16. The summed E-state index contributed by atoms with van der Waals surface area (Å²) in [5.41, 5.74) is 0. The van der Waals surface area contributed by atoms with Gasteiger partial charge in [-0.3, -0.25) is 14.4 Å². The second-order valence-corrected chi connectivity index (χ2v) is 20.2. The van der Waals surface area contributed by atoms with Crippen LogP contribution in [-0.4, -0.2) is 37.2 Å². The van der Waals surface area contributed by atoms with Crippen molar-refractivity contribution in [2.45, 2.75) is 316 Å². The predicted octanol–water partition coefficient (Wildman–Crippen LogP) is 20.4. The molecule has 0 aromatic heterocycles. The molecule has 6 heteroatoms. The first kappa shape index (κ1) is 67.1. The lowest BCUT2D eigenvalue weighted by molar-refractivity contribution is -0.167. The van der Waals surface area contributed by atoms with E-state index in [9.17, 15) is 14.4 Å². The fourth-order valence-electron chi connectivity index (χ4n) is 8.72. The van der Waals surface area contributed by atoms with E-state index in [1.807, 2.05) is 0 Å². The SMILES string of the molecule is CC/C=C\C/C=C\C/C=C\C/C=C\CCCCCCCCCCCCCCC(=O)OCC(COC(=O)CCCCCCCCCC)OC(=O)CCCCCCCCCCC/C=C\CCCCCCCC. The zero-order chi connectivity index (χ0) is 50.7. The number of carbonyl (C=O) groups excluding carboxylic acids is 3. The lowest BCUT2D eigenvalue weighted by Crippen LogP contribution is -2.30. The van der Waals surface area contributed by atoms with E-state index < -0.39 is 6.10 Å². The van der Waals surface area contributed by atoms with Crippen LogP contribution in [0.2, 0.25) is 0 Å². The maximum absolute atomic E-state index is 12.8. The molecule has 0 saturated carbocycles. The van der Waals surface area contributed by atoms with Gasteiger partial charge >= 0.3 is 17.9 Å². The van der Waals surface area contributed by atoms with Crippen LogP contribution in [-0.2, 0) is 28.6 Å². The summed E-state index contributed by atoms with van der Waals surface area (Å²) >= 11 is 0. The van der Waals surface area contributed by atoms with E-state index in [1.54, 1.807) is 0 Å². The van der Waals surface area contributed by atoms with E-state index in [2.05, 4.69) is 81.5 Å². The lowest BCUT2D eigenvalue weighted by atomic mass is 10.0. The Hall–Kier alpha value is -2.89. The van der Waals surface area contributed by atoms with Crippen molar-refractivity contribution in [2.24, 2.45) is 0 Å². The Balaban J connectivity index is 4.17. The van der Waals surface area contributed by atoms with Crippen LogP contribution in [0.15, 0.2) is 60.8 Å². The van der Waals surface area contributed by atoms with Crippen molar-refractivity contribution in [3.8, 4) is 0 Å². The molecule has 0 fully saturated rings. The molecule has 0 N–H and O–H groups in total. The van der Waals surface area contributed by atoms with Gasteiger partial charge in [0.1, 0.15) is 13.2 Å². The van der Waals surface area contributed by atoms with Gasteiger partial charge in [0.05, 0.1) is 0 Å². The summed E-state index contributed by atoms with van der Waals surface area (Å²) in [4.78, 5) is 38.1. The minimum atomic E-state index is -0.772. The second-order valence-electron chi connectivity index (χ2n) is 20.2. The van der Waals surface area contributed by atoms with Gasteiger partial charge in [-0.2, -0.15) is 0 Å². The Morgan fingerprint density at radius 2 is 0.557 bits per heavy atom. The van der Waals surface area contributed by atoms with E-state index in [1.165, 1.54) is 186 Å². The maximum Gasteiger partial charge on any atom is 0.306 e. The molecule has 0 rings (SSSR count). The number of unbranched alkanes of at least 4 members (excludes halogenated alkanes) is 34. The molecule has 0 radical (unpaired) electrons. The maximum atomic E-state index is 12.8. The van der Waals surface area contributed by atoms with Crippen molar-refractivity contribution in [2.75, 3.05) is 13.2 Å². The van der Waals surface area contributed by atoms with Crippen molar-refractivity contribution in [3.63, 3.8) is 0 Å². The average molecular weight is 980 g/mol. The number of hydrogen-bond acceptors (Lipinski definition) is 6. The standard InChI is InChI=1S/C64H114O6/c1-4-7-10-13-16-19-21-23-25-27-29-30-31-32-33-34-36-37-39-41-43-45-48-51-54-57-63(66)69-60-61(59-68-62(65)56-53-50-47-18-15-12-9-6-3)70-64(67)58-55-52-49-46-44-42-40-38-35-28-26-24-22-20-17-14-11-8-5-2/h7,10,16,19,23-26,29-30,61H,4-6,8-9,11-15,17-18,20-22,27-28,31-60H2,1-3H3/b10-7-,19-16-,25-23-,26-24-,30-29-. The summed E-state index contributed by atoms with van der Waals surface area (Å²) in [6, 6.07) is 0. The third kappa shape index (κ3) is 56.0. The number of esters is 3. The molecule has 0 aromatic rings. The molecule has 0 aliphatic heterocycles. The van der Waals surface area contributed by atoms with Crippen molar-refractivity contribution in [3.05, 3.63) is 60.8 Å². The topological polar surface area (TPSA) is 78.9 Å². The van der Waals surface area contributed by atoms with E-state index in [0.29, 0.717) is 19.3 Å². The molecular weight excluding hydrogens is 865 g/mol. The van der Waals surface area contributed by atoms with Gasteiger partial charge in [0.25, 0.3) is 0 Å². The number of rotatable bonds is 55. The Labute approximate surface area is 434 Å². The Morgan fingerprint density at radius 3 is 0.886 bits per heavy atom. The van der Waals surface area contributed by atoms with Gasteiger partial charge in [-0.25, -0.2) is 0 Å². The van der Waals surface area contributed by atoms with Gasteiger partial charge < -0.3 is 14.2 Å². The Morgan fingerprint density at radius 1 is 0.300 bits per heavy atom. The summed E-state index contributed by atoms with van der Waals surface area (Å²) in [7, 11) is 0. The number of hydrogen-bond donors (Lipinski definition) is 0. The van der Waals surface area contributed by atoms with Crippen LogP contribution in [0.25, 0.3) is 0 Å². The van der Waals surface area contributed by atoms with Crippen molar-refractivity contribution in [1.29, 1.82) is 0 Å². The van der Waals surface area contributed by atoms with Crippen molar-refractivity contribution in [1.82, 2.24) is 0 Å². The number of allylic oxidation sites excluding steroid dienone is 10. The number of carbonyl (C=O) groups is 3. The molecule has 0 heterocycles. The molecule has 0 aliphatic rings. The molecule has 406 valence electrons. The normalized spacial score (nSPS) is 12.4.